The molecule has 0 spiro atoms. The molecule has 1 aromatic heterocycles. The molecule has 22 heavy (non-hydrogen) atoms. The zero-order chi connectivity index (χ0) is 16.1. The van der Waals surface area contributed by atoms with Crippen molar-refractivity contribution in [3.05, 3.63) is 46.7 Å². The van der Waals surface area contributed by atoms with Crippen molar-refractivity contribution in [2.45, 2.75) is 6.42 Å². The third kappa shape index (κ3) is 4.02. The van der Waals surface area contributed by atoms with Crippen LogP contribution in [0.4, 0.5) is 20.4 Å². The number of hydrogen-bond donors (Lipinski definition) is 3. The fourth-order valence-electron chi connectivity index (χ4n) is 1.95. The summed E-state index contributed by atoms with van der Waals surface area (Å²) in [7, 11) is 0. The van der Waals surface area contributed by atoms with Crippen LogP contribution in [0.25, 0.3) is 0 Å². The van der Waals surface area contributed by atoms with Gasteiger partial charge in [0.1, 0.15) is 23.0 Å². The van der Waals surface area contributed by atoms with E-state index in [1.165, 1.54) is 12.4 Å². The number of halogens is 3. The van der Waals surface area contributed by atoms with Crippen LogP contribution in [0.5, 0.6) is 0 Å². The smallest absolute Gasteiger partial charge is 0.159 e. The highest BCUT2D eigenvalue weighted by atomic mass is 35.5. The number of aliphatic hydroxyl groups excluding tert-OH is 1. The average Bonchev–Trinajstić information content (AvgIpc) is 2.51. The summed E-state index contributed by atoms with van der Waals surface area (Å²) in [5, 5.41) is 12.6. The Kier molecular flexibility index (Phi) is 5.46. The lowest BCUT2D eigenvalue weighted by Gasteiger charge is -2.16. The predicted molar refractivity (Wildman–Crippen MR) is 80.6 cm³/mol. The Morgan fingerprint density at radius 3 is 2.73 bits per heavy atom. The number of anilines is 2. The summed E-state index contributed by atoms with van der Waals surface area (Å²) in [6.07, 6.45) is 1.64. The number of nitrogens with two attached hydrogens (primary N) is 1. The monoisotopic (exact) mass is 328 g/mol. The van der Waals surface area contributed by atoms with E-state index in [1.54, 1.807) is 0 Å². The summed E-state index contributed by atoms with van der Waals surface area (Å²) in [4.78, 5) is 7.69. The number of hydrogen-bond acceptors (Lipinski definition) is 5. The molecule has 1 unspecified atom stereocenters. The SMILES string of the molecule is Nc1ncnc(NCC(CO)Cc2ccc(F)c(F)c2)c1Cl. The fourth-order valence-corrected chi connectivity index (χ4v) is 2.11. The van der Waals surface area contributed by atoms with Gasteiger partial charge in [-0.2, -0.15) is 0 Å². The van der Waals surface area contributed by atoms with Crippen LogP contribution in [-0.2, 0) is 6.42 Å². The Balaban J connectivity index is 2.00. The van der Waals surface area contributed by atoms with Crippen molar-refractivity contribution in [2.75, 3.05) is 24.2 Å². The number of rotatable bonds is 6. The Bertz CT molecular complexity index is 657. The van der Waals surface area contributed by atoms with Gasteiger partial charge >= 0.3 is 0 Å². The second-order valence-corrected chi connectivity index (χ2v) is 5.18. The Morgan fingerprint density at radius 1 is 1.27 bits per heavy atom. The van der Waals surface area contributed by atoms with Gasteiger partial charge in [-0.05, 0) is 24.1 Å². The van der Waals surface area contributed by atoms with Gasteiger partial charge in [-0.25, -0.2) is 18.7 Å². The van der Waals surface area contributed by atoms with Gasteiger partial charge in [-0.3, -0.25) is 0 Å². The van der Waals surface area contributed by atoms with Crippen LogP contribution < -0.4 is 11.1 Å². The van der Waals surface area contributed by atoms with Gasteiger partial charge in [0.05, 0.1) is 0 Å². The molecule has 1 heterocycles. The van der Waals surface area contributed by atoms with E-state index in [9.17, 15) is 13.9 Å². The predicted octanol–water partition coefficient (Wildman–Crippen LogP) is 2.25. The van der Waals surface area contributed by atoms with Crippen LogP contribution >= 0.6 is 11.6 Å². The van der Waals surface area contributed by atoms with Gasteiger partial charge in [-0.1, -0.05) is 17.7 Å². The molecule has 1 aromatic carbocycles. The summed E-state index contributed by atoms with van der Waals surface area (Å²) in [6.45, 7) is 0.204. The first kappa shape index (κ1) is 16.4. The lowest BCUT2D eigenvalue weighted by Crippen LogP contribution is -2.21. The molecule has 2 aromatic rings. The minimum absolute atomic E-state index is 0.135. The zero-order valence-corrected chi connectivity index (χ0v) is 12.3. The van der Waals surface area contributed by atoms with Gasteiger partial charge in [0.25, 0.3) is 0 Å². The standard InChI is InChI=1S/C14H15ClF2N4O/c15-12-13(18)20-7-21-14(12)19-5-9(6-22)3-8-1-2-10(16)11(17)4-8/h1-2,4,7,9,22H,3,5-6H2,(H3,18,19,20,21). The van der Waals surface area contributed by atoms with E-state index < -0.39 is 11.6 Å². The fraction of sp³-hybridized carbons (Fsp3) is 0.286. The van der Waals surface area contributed by atoms with Gasteiger partial charge in [0, 0.05) is 19.1 Å². The van der Waals surface area contributed by atoms with E-state index in [-0.39, 0.29) is 23.4 Å². The quantitative estimate of drug-likeness (QED) is 0.757. The third-order valence-electron chi connectivity index (χ3n) is 3.14. The van der Waals surface area contributed by atoms with E-state index >= 15 is 0 Å². The molecule has 1 atom stereocenters. The lowest BCUT2D eigenvalue weighted by molar-refractivity contribution is 0.232. The summed E-state index contributed by atoms with van der Waals surface area (Å²) in [5.41, 5.74) is 6.16. The average molecular weight is 329 g/mol. The number of nitrogens with one attached hydrogen (secondary N) is 1. The molecule has 0 amide bonds. The minimum Gasteiger partial charge on any atom is -0.396 e. The van der Waals surface area contributed by atoms with Gasteiger partial charge in [-0.15, -0.1) is 0 Å². The number of nitrogen functional groups attached to an aromatic ring is 1. The van der Waals surface area contributed by atoms with Crippen molar-refractivity contribution in [3.8, 4) is 0 Å². The molecular formula is C14H15ClF2N4O. The molecular weight excluding hydrogens is 314 g/mol. The van der Waals surface area contributed by atoms with Crippen molar-refractivity contribution < 1.29 is 13.9 Å². The molecule has 0 fully saturated rings. The molecule has 0 saturated carbocycles. The van der Waals surface area contributed by atoms with Crippen LogP contribution in [0.3, 0.4) is 0 Å². The second kappa shape index (κ2) is 7.33. The van der Waals surface area contributed by atoms with E-state index in [2.05, 4.69) is 15.3 Å². The third-order valence-corrected chi connectivity index (χ3v) is 3.51. The number of benzene rings is 1. The first-order chi connectivity index (χ1) is 10.5. The molecule has 0 aliphatic carbocycles. The Morgan fingerprint density at radius 2 is 2.05 bits per heavy atom. The number of aliphatic hydroxyl groups is 1. The largest absolute Gasteiger partial charge is 0.396 e. The van der Waals surface area contributed by atoms with Crippen LogP contribution in [0.15, 0.2) is 24.5 Å². The molecule has 5 nitrogen and oxygen atoms in total. The minimum atomic E-state index is -0.909. The lowest BCUT2D eigenvalue weighted by atomic mass is 10.00. The summed E-state index contributed by atoms with van der Waals surface area (Å²) < 4.78 is 26.1. The summed E-state index contributed by atoms with van der Waals surface area (Å²) >= 11 is 5.95. The molecule has 118 valence electrons. The second-order valence-electron chi connectivity index (χ2n) is 4.80. The van der Waals surface area contributed by atoms with Crippen molar-refractivity contribution in [1.29, 1.82) is 0 Å². The van der Waals surface area contributed by atoms with Crippen molar-refractivity contribution in [3.63, 3.8) is 0 Å². The Labute approximate surface area is 131 Å². The maximum absolute atomic E-state index is 13.2. The molecule has 0 radical (unpaired) electrons. The highest BCUT2D eigenvalue weighted by Gasteiger charge is 2.13. The van der Waals surface area contributed by atoms with Crippen LogP contribution in [0.1, 0.15) is 5.56 Å². The molecule has 2 rings (SSSR count). The highest BCUT2D eigenvalue weighted by Crippen LogP contribution is 2.23. The molecule has 8 heteroatoms. The van der Waals surface area contributed by atoms with Crippen molar-refractivity contribution in [1.82, 2.24) is 9.97 Å². The topological polar surface area (TPSA) is 84.1 Å². The number of nitrogens with zero attached hydrogens (tertiary/aromatic N) is 2. The van der Waals surface area contributed by atoms with E-state index in [0.717, 1.165) is 12.1 Å². The molecule has 0 saturated heterocycles. The van der Waals surface area contributed by atoms with Crippen molar-refractivity contribution >= 4 is 23.2 Å². The normalized spacial score (nSPS) is 12.2. The molecule has 0 aliphatic rings. The van der Waals surface area contributed by atoms with Crippen LogP contribution in [0, 0.1) is 17.6 Å². The van der Waals surface area contributed by atoms with Crippen molar-refractivity contribution in [2.24, 2.45) is 5.92 Å². The van der Waals surface area contributed by atoms with Gasteiger partial charge in [0.15, 0.2) is 11.6 Å². The number of aromatic nitrogens is 2. The zero-order valence-electron chi connectivity index (χ0n) is 11.6. The van der Waals surface area contributed by atoms with Crippen LogP contribution in [-0.4, -0.2) is 28.2 Å². The first-order valence-electron chi connectivity index (χ1n) is 6.56. The van der Waals surface area contributed by atoms with Gasteiger partial charge < -0.3 is 16.2 Å². The molecule has 0 bridgehead atoms. The summed E-state index contributed by atoms with van der Waals surface area (Å²) in [6, 6.07) is 3.67. The first-order valence-corrected chi connectivity index (χ1v) is 6.93. The highest BCUT2D eigenvalue weighted by molar-refractivity contribution is 6.35. The van der Waals surface area contributed by atoms with E-state index in [4.69, 9.17) is 17.3 Å². The Hall–Kier alpha value is -1.99. The van der Waals surface area contributed by atoms with E-state index in [1.807, 2.05) is 0 Å². The maximum Gasteiger partial charge on any atom is 0.159 e. The summed E-state index contributed by atoms with van der Waals surface area (Å²) in [5.74, 6) is -1.52. The van der Waals surface area contributed by atoms with Crippen LogP contribution in [0.2, 0.25) is 5.02 Å². The van der Waals surface area contributed by atoms with E-state index in [0.29, 0.717) is 24.3 Å². The van der Waals surface area contributed by atoms with Gasteiger partial charge in [0.2, 0.25) is 0 Å². The molecule has 0 aliphatic heterocycles. The maximum atomic E-state index is 13.2. The molecule has 4 N–H and O–H groups in total.